The molecule has 0 aromatic carbocycles. The van der Waals surface area contributed by atoms with Crippen molar-refractivity contribution < 1.29 is 26.3 Å². The van der Waals surface area contributed by atoms with Crippen molar-refractivity contribution in [2.24, 2.45) is 0 Å². The number of allylic oxidation sites excluding steroid dienone is 2. The smallest absolute Gasteiger partial charge is 0.194 e. The maximum absolute atomic E-state index is 15.3. The van der Waals surface area contributed by atoms with Gasteiger partial charge >= 0.3 is 17.8 Å². The average molecular weight is 605 g/mol. The van der Waals surface area contributed by atoms with E-state index in [9.17, 15) is 8.78 Å². The third-order valence-electron chi connectivity index (χ3n) is 6.81. The van der Waals surface area contributed by atoms with E-state index in [1.54, 1.807) is 29.6 Å². The second kappa shape index (κ2) is 7.94. The highest BCUT2D eigenvalue weighted by molar-refractivity contribution is 7.40. The summed E-state index contributed by atoms with van der Waals surface area (Å²) in [6.07, 6.45) is 0. The van der Waals surface area contributed by atoms with Crippen LogP contribution in [0.2, 0.25) is 0 Å². The number of aryl methyl sites for hydroxylation is 5. The van der Waals surface area contributed by atoms with E-state index in [2.05, 4.69) is 12.3 Å². The third kappa shape index (κ3) is 3.24. The summed E-state index contributed by atoms with van der Waals surface area (Å²) in [4.78, 5) is 2.64. The lowest BCUT2D eigenvalue weighted by Gasteiger charge is -2.25. The highest BCUT2D eigenvalue weighted by Gasteiger charge is 2.80. The van der Waals surface area contributed by atoms with Crippen molar-refractivity contribution in [3.05, 3.63) is 54.4 Å². The summed E-state index contributed by atoms with van der Waals surface area (Å²) in [5, 5.41) is 2.09. The Morgan fingerprint density at radius 1 is 0.622 bits per heavy atom. The third-order valence-corrected chi connectivity index (χ3v) is 13.3. The van der Waals surface area contributed by atoms with E-state index in [0.29, 0.717) is 19.5 Å². The quantitative estimate of drug-likeness (QED) is 0.180. The van der Waals surface area contributed by atoms with Crippen LogP contribution in [0.25, 0.3) is 39.7 Å². The number of alkyl halides is 6. The highest BCUT2D eigenvalue weighted by atomic mass is 32.1. The molecule has 194 valence electrons. The SMILES string of the molecule is Cc1cc(C2=C(c3cc(-c4sc5c(sc6c(C)csc65)c4C)sc3C)C(F)(F)C(F)(F)C2(F)F)c(C)s1. The van der Waals surface area contributed by atoms with Crippen molar-refractivity contribution in [3.63, 3.8) is 0 Å². The summed E-state index contributed by atoms with van der Waals surface area (Å²) in [6, 6.07) is 2.70. The second-order valence-electron chi connectivity index (χ2n) is 9.27. The topological polar surface area (TPSA) is 0 Å². The van der Waals surface area contributed by atoms with E-state index in [1.807, 2.05) is 6.92 Å². The molecule has 1 aliphatic carbocycles. The molecular weight excluding hydrogens is 587 g/mol. The van der Waals surface area contributed by atoms with Gasteiger partial charge in [0.1, 0.15) is 0 Å². The maximum atomic E-state index is 15.3. The van der Waals surface area contributed by atoms with Crippen LogP contribution in [0, 0.1) is 34.6 Å². The summed E-state index contributed by atoms with van der Waals surface area (Å²) in [7, 11) is 0. The summed E-state index contributed by atoms with van der Waals surface area (Å²) >= 11 is 7.13. The molecule has 5 aromatic rings. The van der Waals surface area contributed by atoms with Crippen molar-refractivity contribution in [1.82, 2.24) is 0 Å². The summed E-state index contributed by atoms with van der Waals surface area (Å²) in [5.41, 5.74) is -0.837. The van der Waals surface area contributed by atoms with Gasteiger partial charge in [0.15, 0.2) is 0 Å². The Balaban J connectivity index is 1.60. The minimum absolute atomic E-state index is 0.241. The molecule has 37 heavy (non-hydrogen) atoms. The molecule has 5 aromatic heterocycles. The monoisotopic (exact) mass is 604 g/mol. The zero-order chi connectivity index (χ0) is 26.8. The maximum Gasteiger partial charge on any atom is 0.380 e. The van der Waals surface area contributed by atoms with E-state index in [4.69, 9.17) is 0 Å². The molecular formula is C26H18F6S5. The van der Waals surface area contributed by atoms with Gasteiger partial charge in [-0.25, -0.2) is 0 Å². The van der Waals surface area contributed by atoms with Crippen LogP contribution in [0.3, 0.4) is 0 Å². The zero-order valence-corrected chi connectivity index (χ0v) is 24.1. The first-order valence-corrected chi connectivity index (χ1v) is 15.3. The van der Waals surface area contributed by atoms with Crippen LogP contribution in [0.5, 0.6) is 0 Å². The lowest BCUT2D eigenvalue weighted by Crippen LogP contribution is -2.48. The number of fused-ring (bicyclic) bond motifs is 3. The molecule has 0 atom stereocenters. The first-order chi connectivity index (χ1) is 17.2. The van der Waals surface area contributed by atoms with E-state index >= 15 is 17.6 Å². The van der Waals surface area contributed by atoms with Gasteiger partial charge in [0.05, 0.1) is 18.8 Å². The van der Waals surface area contributed by atoms with Crippen LogP contribution in [-0.2, 0) is 0 Å². The Hall–Kier alpha value is -1.66. The molecule has 0 N–H and O–H groups in total. The van der Waals surface area contributed by atoms with Crippen molar-refractivity contribution in [1.29, 1.82) is 0 Å². The zero-order valence-electron chi connectivity index (χ0n) is 20.0. The Kier molecular flexibility index (Phi) is 5.49. The van der Waals surface area contributed by atoms with E-state index in [0.717, 1.165) is 31.2 Å². The predicted molar refractivity (Wildman–Crippen MR) is 148 cm³/mol. The standard InChI is InChI=1S/C26H18F6S5/c1-9-8-33-22-19(9)36-21-11(3)20(37-23(21)22)16-7-15(13(5)35-16)18-17(14-6-10(2)34-12(14)4)24(27,28)26(31,32)25(18,29)30/h6-8H,1-5H3. The van der Waals surface area contributed by atoms with Gasteiger partial charge in [-0.15, -0.1) is 56.7 Å². The molecule has 0 saturated carbocycles. The van der Waals surface area contributed by atoms with Crippen LogP contribution in [-0.4, -0.2) is 17.8 Å². The molecule has 6 rings (SSSR count). The Bertz CT molecular complexity index is 1770. The fourth-order valence-electron chi connectivity index (χ4n) is 4.98. The van der Waals surface area contributed by atoms with Gasteiger partial charge in [-0.3, -0.25) is 0 Å². The Labute approximate surface area is 228 Å². The molecule has 0 spiro atoms. The molecule has 0 bridgehead atoms. The van der Waals surface area contributed by atoms with Gasteiger partial charge in [0, 0.05) is 35.5 Å². The van der Waals surface area contributed by atoms with Gasteiger partial charge < -0.3 is 0 Å². The minimum Gasteiger partial charge on any atom is -0.194 e. The van der Waals surface area contributed by atoms with Crippen LogP contribution >= 0.6 is 56.7 Å². The minimum atomic E-state index is -5.55. The van der Waals surface area contributed by atoms with Gasteiger partial charge in [0.2, 0.25) is 0 Å². The molecule has 5 heterocycles. The van der Waals surface area contributed by atoms with Crippen LogP contribution in [0.4, 0.5) is 26.3 Å². The average Bonchev–Trinajstić information content (AvgIpc) is 3.59. The van der Waals surface area contributed by atoms with E-state index in [-0.39, 0.29) is 11.1 Å². The van der Waals surface area contributed by atoms with Gasteiger partial charge in [-0.05, 0) is 74.4 Å². The predicted octanol–water partition coefficient (Wildman–Crippen LogP) is 11.3. The van der Waals surface area contributed by atoms with Crippen molar-refractivity contribution >= 4 is 86.6 Å². The molecule has 0 aliphatic heterocycles. The van der Waals surface area contributed by atoms with Crippen molar-refractivity contribution in [2.45, 2.75) is 52.4 Å². The lowest BCUT2D eigenvalue weighted by atomic mass is 9.95. The first kappa shape index (κ1) is 25.6. The fraction of sp³-hybridized carbons (Fsp3) is 0.308. The molecule has 0 fully saturated rings. The number of hydrogen-bond acceptors (Lipinski definition) is 5. The van der Waals surface area contributed by atoms with Gasteiger partial charge in [0.25, 0.3) is 0 Å². The molecule has 1 aliphatic rings. The second-order valence-corrected chi connectivity index (χ2v) is 14.9. The molecule has 0 radical (unpaired) electrons. The number of rotatable bonds is 3. The summed E-state index contributed by atoms with van der Waals surface area (Å²) in [6.45, 7) is 8.65. The highest BCUT2D eigenvalue weighted by Crippen LogP contribution is 2.66. The van der Waals surface area contributed by atoms with E-state index < -0.39 is 28.9 Å². The Morgan fingerprint density at radius 3 is 1.81 bits per heavy atom. The number of hydrogen-bond donors (Lipinski definition) is 0. The normalized spacial score (nSPS) is 18.7. The molecule has 0 saturated heterocycles. The first-order valence-electron chi connectivity index (χ1n) is 11.2. The van der Waals surface area contributed by atoms with E-state index in [1.165, 1.54) is 63.6 Å². The molecule has 11 heteroatoms. The molecule has 0 unspecified atom stereocenters. The Morgan fingerprint density at radius 2 is 1.22 bits per heavy atom. The molecule has 0 nitrogen and oxygen atoms in total. The summed E-state index contributed by atoms with van der Waals surface area (Å²) < 4.78 is 95.1. The lowest BCUT2D eigenvalue weighted by molar-refractivity contribution is -0.254. The van der Waals surface area contributed by atoms with Crippen LogP contribution < -0.4 is 0 Å². The number of thiophene rings is 5. The fourth-order valence-corrected chi connectivity index (χ4v) is 11.3. The number of halogens is 6. The van der Waals surface area contributed by atoms with Crippen LogP contribution in [0.15, 0.2) is 17.5 Å². The van der Waals surface area contributed by atoms with Crippen molar-refractivity contribution in [3.8, 4) is 9.75 Å². The summed E-state index contributed by atoms with van der Waals surface area (Å²) in [5.74, 6) is -15.6. The largest absolute Gasteiger partial charge is 0.380 e. The van der Waals surface area contributed by atoms with Gasteiger partial charge in [-0.2, -0.15) is 26.3 Å². The van der Waals surface area contributed by atoms with Gasteiger partial charge in [-0.1, -0.05) is 0 Å². The molecule has 0 amide bonds. The van der Waals surface area contributed by atoms with Crippen molar-refractivity contribution in [2.75, 3.05) is 0 Å². The van der Waals surface area contributed by atoms with Crippen LogP contribution in [0.1, 0.15) is 36.9 Å².